The summed E-state index contributed by atoms with van der Waals surface area (Å²) in [5.74, 6) is 1.84. The first-order valence-corrected chi connectivity index (χ1v) is 13.8. The number of carbonyl (C=O) groups is 2. The molecule has 0 bridgehead atoms. The second-order valence-electron chi connectivity index (χ2n) is 7.87. The van der Waals surface area contributed by atoms with E-state index in [9.17, 15) is 14.7 Å². The Morgan fingerprint density at radius 2 is 1.77 bits per heavy atom. The predicted octanol–water partition coefficient (Wildman–Crippen LogP) is 5.93. The number of hydrogen-bond acceptors (Lipinski definition) is 5. The first-order valence-electron chi connectivity index (χ1n) is 11.9. The third kappa shape index (κ3) is 11.4. The van der Waals surface area contributed by atoms with Crippen LogP contribution >= 0.6 is 27.7 Å². The standard InChI is InChI=1S/C26H35BrN2O5S/c1-3-17-35-18-5-14-29(26(32)28-22-10-8-21(27)9-11-22)15-16-34-23-12-6-20(7-13-23)19-24(25(30)31)33-4-2/h6-13,24H,3-5,14-19H2,1-2H3,(H,28,32)(H,30,31). The minimum absolute atomic E-state index is 0.151. The number of nitrogens with one attached hydrogen (secondary N) is 1. The van der Waals surface area contributed by atoms with Gasteiger partial charge in [-0.3, -0.25) is 0 Å². The highest BCUT2D eigenvalue weighted by molar-refractivity contribution is 9.10. The molecule has 0 aliphatic carbocycles. The van der Waals surface area contributed by atoms with Crippen LogP contribution < -0.4 is 10.1 Å². The van der Waals surface area contributed by atoms with Gasteiger partial charge in [0.05, 0.1) is 6.54 Å². The van der Waals surface area contributed by atoms with Crippen molar-refractivity contribution in [2.24, 2.45) is 0 Å². The summed E-state index contributed by atoms with van der Waals surface area (Å²) >= 11 is 5.31. The van der Waals surface area contributed by atoms with Gasteiger partial charge in [-0.25, -0.2) is 9.59 Å². The molecule has 0 aliphatic heterocycles. The highest BCUT2D eigenvalue weighted by atomic mass is 79.9. The SMILES string of the molecule is CCCSCCCN(CCOc1ccc(CC(OCC)C(=O)O)cc1)C(=O)Nc1ccc(Br)cc1. The molecule has 2 amide bonds. The molecule has 0 aromatic heterocycles. The number of hydrogen-bond donors (Lipinski definition) is 2. The van der Waals surface area contributed by atoms with Crippen LogP contribution in [0.5, 0.6) is 5.75 Å². The van der Waals surface area contributed by atoms with E-state index in [2.05, 4.69) is 28.2 Å². The van der Waals surface area contributed by atoms with Crippen molar-refractivity contribution in [1.29, 1.82) is 0 Å². The van der Waals surface area contributed by atoms with Gasteiger partial charge in [0.1, 0.15) is 12.4 Å². The Labute approximate surface area is 220 Å². The molecule has 0 aliphatic rings. The van der Waals surface area contributed by atoms with Gasteiger partial charge in [-0.15, -0.1) is 0 Å². The first kappa shape index (κ1) is 29.0. The van der Waals surface area contributed by atoms with Crippen LogP contribution in [0.2, 0.25) is 0 Å². The van der Waals surface area contributed by atoms with Gasteiger partial charge in [-0.2, -0.15) is 11.8 Å². The molecule has 0 spiro atoms. The maximum Gasteiger partial charge on any atom is 0.333 e. The van der Waals surface area contributed by atoms with Gasteiger partial charge in [0.2, 0.25) is 0 Å². The number of thioether (sulfide) groups is 1. The van der Waals surface area contributed by atoms with E-state index >= 15 is 0 Å². The van der Waals surface area contributed by atoms with E-state index in [0.29, 0.717) is 38.5 Å². The lowest BCUT2D eigenvalue weighted by Crippen LogP contribution is -2.38. The number of carboxylic acid groups (broad SMARTS) is 1. The van der Waals surface area contributed by atoms with Crippen molar-refractivity contribution in [3.8, 4) is 5.75 Å². The van der Waals surface area contributed by atoms with Gasteiger partial charge < -0.3 is 24.8 Å². The van der Waals surface area contributed by atoms with E-state index in [1.54, 1.807) is 11.8 Å². The number of ether oxygens (including phenoxy) is 2. The van der Waals surface area contributed by atoms with Crippen LogP contribution in [0.25, 0.3) is 0 Å². The molecule has 2 rings (SSSR count). The summed E-state index contributed by atoms with van der Waals surface area (Å²) in [5, 5.41) is 12.2. The molecular formula is C26H35BrN2O5S. The van der Waals surface area contributed by atoms with Crippen molar-refractivity contribution in [2.75, 3.05) is 43.1 Å². The van der Waals surface area contributed by atoms with E-state index in [4.69, 9.17) is 9.47 Å². The van der Waals surface area contributed by atoms with Gasteiger partial charge in [-0.1, -0.05) is 35.0 Å². The third-order valence-electron chi connectivity index (χ3n) is 5.07. The van der Waals surface area contributed by atoms with E-state index in [1.807, 2.05) is 60.3 Å². The van der Waals surface area contributed by atoms with Crippen molar-refractivity contribution in [3.63, 3.8) is 0 Å². The average molecular weight is 568 g/mol. The molecule has 0 saturated heterocycles. The number of aliphatic carboxylic acids is 1. The monoisotopic (exact) mass is 566 g/mol. The van der Waals surface area contributed by atoms with Crippen molar-refractivity contribution >= 4 is 45.4 Å². The van der Waals surface area contributed by atoms with Crippen LogP contribution in [0.1, 0.15) is 32.3 Å². The van der Waals surface area contributed by atoms with Crippen LogP contribution in [-0.4, -0.2) is 65.9 Å². The quantitative estimate of drug-likeness (QED) is 0.245. The smallest absolute Gasteiger partial charge is 0.333 e. The Bertz CT molecular complexity index is 896. The fourth-order valence-electron chi connectivity index (χ4n) is 3.28. The summed E-state index contributed by atoms with van der Waals surface area (Å²) in [6.45, 7) is 5.74. The van der Waals surface area contributed by atoms with E-state index in [0.717, 1.165) is 40.1 Å². The number of amides is 2. The Hall–Kier alpha value is -2.23. The summed E-state index contributed by atoms with van der Waals surface area (Å²) in [6.07, 6.45) is 1.49. The summed E-state index contributed by atoms with van der Waals surface area (Å²) in [6, 6.07) is 14.7. The number of benzene rings is 2. The van der Waals surface area contributed by atoms with E-state index in [1.165, 1.54) is 0 Å². The topological polar surface area (TPSA) is 88.1 Å². The molecular weight excluding hydrogens is 532 g/mol. The number of carbonyl (C=O) groups excluding carboxylic acids is 1. The lowest BCUT2D eigenvalue weighted by atomic mass is 10.1. The molecule has 2 N–H and O–H groups in total. The number of rotatable bonds is 16. The van der Waals surface area contributed by atoms with Crippen LogP contribution in [-0.2, 0) is 16.0 Å². The normalized spacial score (nSPS) is 11.6. The van der Waals surface area contributed by atoms with Crippen LogP contribution in [0.4, 0.5) is 10.5 Å². The van der Waals surface area contributed by atoms with Gasteiger partial charge in [0.25, 0.3) is 0 Å². The van der Waals surface area contributed by atoms with E-state index < -0.39 is 12.1 Å². The van der Waals surface area contributed by atoms with Gasteiger partial charge >= 0.3 is 12.0 Å². The molecule has 9 heteroatoms. The number of urea groups is 1. The summed E-state index contributed by atoms with van der Waals surface area (Å²) in [4.78, 5) is 26.0. The average Bonchev–Trinajstić information content (AvgIpc) is 2.84. The van der Waals surface area contributed by atoms with Crippen molar-refractivity contribution in [3.05, 3.63) is 58.6 Å². The number of anilines is 1. The van der Waals surface area contributed by atoms with Crippen LogP contribution in [0.3, 0.4) is 0 Å². The summed E-state index contributed by atoms with van der Waals surface area (Å²) in [5.41, 5.74) is 1.60. The highest BCUT2D eigenvalue weighted by Gasteiger charge is 2.18. The molecule has 0 fully saturated rings. The third-order valence-corrected chi connectivity index (χ3v) is 6.87. The Kier molecular flexibility index (Phi) is 13.6. The molecule has 2 aromatic carbocycles. The molecule has 2 aromatic rings. The minimum atomic E-state index is -0.971. The molecule has 192 valence electrons. The zero-order chi connectivity index (χ0) is 25.5. The Morgan fingerprint density at radius 3 is 2.40 bits per heavy atom. The highest BCUT2D eigenvalue weighted by Crippen LogP contribution is 2.16. The maximum atomic E-state index is 12.9. The lowest BCUT2D eigenvalue weighted by Gasteiger charge is -2.23. The fraction of sp³-hybridized carbons (Fsp3) is 0.462. The minimum Gasteiger partial charge on any atom is -0.492 e. The zero-order valence-corrected chi connectivity index (χ0v) is 22.8. The first-order chi connectivity index (χ1) is 16.9. The van der Waals surface area contributed by atoms with Gasteiger partial charge in [0.15, 0.2) is 6.10 Å². The number of halogens is 1. The summed E-state index contributed by atoms with van der Waals surface area (Å²) < 4.78 is 12.1. The second-order valence-corrected chi connectivity index (χ2v) is 10.0. The number of carboxylic acids is 1. The van der Waals surface area contributed by atoms with Gasteiger partial charge in [-0.05, 0) is 73.2 Å². The fourth-order valence-corrected chi connectivity index (χ4v) is 4.37. The number of nitrogens with zero attached hydrogens (tertiary/aromatic N) is 1. The molecule has 1 atom stereocenters. The molecule has 1 unspecified atom stereocenters. The van der Waals surface area contributed by atoms with Crippen molar-refractivity contribution in [2.45, 2.75) is 39.2 Å². The Balaban J connectivity index is 1.89. The molecule has 0 heterocycles. The predicted molar refractivity (Wildman–Crippen MR) is 146 cm³/mol. The zero-order valence-electron chi connectivity index (χ0n) is 20.4. The van der Waals surface area contributed by atoms with Crippen LogP contribution in [0, 0.1) is 0 Å². The summed E-state index contributed by atoms with van der Waals surface area (Å²) in [7, 11) is 0. The van der Waals surface area contributed by atoms with Crippen LogP contribution in [0.15, 0.2) is 53.0 Å². The van der Waals surface area contributed by atoms with Crippen molar-refractivity contribution in [1.82, 2.24) is 4.90 Å². The maximum absolute atomic E-state index is 12.9. The lowest BCUT2D eigenvalue weighted by molar-refractivity contribution is -0.149. The largest absolute Gasteiger partial charge is 0.492 e. The van der Waals surface area contributed by atoms with Gasteiger partial charge in [0, 0.05) is 29.7 Å². The Morgan fingerprint density at radius 1 is 1.06 bits per heavy atom. The second kappa shape index (κ2) is 16.4. The molecule has 0 saturated carbocycles. The molecule has 7 nitrogen and oxygen atoms in total. The van der Waals surface area contributed by atoms with Crippen molar-refractivity contribution < 1.29 is 24.2 Å². The molecule has 35 heavy (non-hydrogen) atoms. The molecule has 0 radical (unpaired) electrons. The van der Waals surface area contributed by atoms with E-state index in [-0.39, 0.29) is 6.03 Å².